The van der Waals surface area contributed by atoms with E-state index in [1.165, 1.54) is 24.8 Å². The molecule has 1 heterocycles. The molecule has 1 aromatic heterocycles. The molecule has 0 radical (unpaired) electrons. The number of aromatic nitrogens is 4. The van der Waals surface area contributed by atoms with E-state index in [1.807, 2.05) is 30.3 Å². The number of carbonyl (C=O) groups is 3. The first-order valence-corrected chi connectivity index (χ1v) is 12.8. The molecule has 3 N–H and O–H groups in total. The van der Waals surface area contributed by atoms with Crippen molar-refractivity contribution in [3.63, 3.8) is 0 Å². The minimum absolute atomic E-state index is 0.0643. The number of hydrogen-bond acceptors (Lipinski definition) is 8. The summed E-state index contributed by atoms with van der Waals surface area (Å²) in [7, 11) is 0. The summed E-state index contributed by atoms with van der Waals surface area (Å²) < 4.78 is 1.56. The number of carbonyl (C=O) groups excluding carboxylic acids is 3. The summed E-state index contributed by atoms with van der Waals surface area (Å²) in [5.74, 6) is -1.04. The maximum absolute atomic E-state index is 13.2. The molecule has 0 unspecified atom stereocenters. The van der Waals surface area contributed by atoms with E-state index in [9.17, 15) is 19.5 Å². The average Bonchev–Trinajstić information content (AvgIpc) is 3.42. The Morgan fingerprint density at radius 3 is 2.26 bits per heavy atom. The van der Waals surface area contributed by atoms with E-state index in [0.29, 0.717) is 32.9 Å². The Kier molecular flexibility index (Phi) is 7.32. The first-order valence-electron chi connectivity index (χ1n) is 11.8. The summed E-state index contributed by atoms with van der Waals surface area (Å²) in [5.41, 5.74) is 2.35. The summed E-state index contributed by atoms with van der Waals surface area (Å²) in [4.78, 5) is 37.3. The van der Waals surface area contributed by atoms with E-state index in [2.05, 4.69) is 26.2 Å². The average molecular weight is 539 g/mol. The van der Waals surface area contributed by atoms with Gasteiger partial charge in [0, 0.05) is 29.2 Å². The Bertz CT molecular complexity index is 1690. The van der Waals surface area contributed by atoms with Gasteiger partial charge in [-0.05, 0) is 58.3 Å². The molecule has 0 saturated heterocycles. The monoisotopic (exact) mass is 538 g/mol. The second-order valence-electron chi connectivity index (χ2n) is 8.50. The zero-order valence-corrected chi connectivity index (χ0v) is 21.5. The van der Waals surface area contributed by atoms with Gasteiger partial charge in [0.2, 0.25) is 11.1 Å². The fraction of sp³-hybridized carbons (Fsp3) is 0.0714. The number of phenolic OH excluding ortho intramolecular Hbond substituents is 1. The molecular formula is C28H22N6O4S. The maximum Gasteiger partial charge on any atom is 0.259 e. The van der Waals surface area contributed by atoms with E-state index in [1.54, 1.807) is 53.2 Å². The highest BCUT2D eigenvalue weighted by atomic mass is 32.2. The van der Waals surface area contributed by atoms with Gasteiger partial charge in [-0.15, -0.1) is 5.10 Å². The lowest BCUT2D eigenvalue weighted by molar-refractivity contribution is -0.114. The number of phenols is 1. The molecule has 2 amide bonds. The summed E-state index contributed by atoms with van der Waals surface area (Å²) >= 11 is 1.21. The van der Waals surface area contributed by atoms with E-state index in [-0.39, 0.29) is 28.8 Å². The number of rotatable bonds is 8. The minimum atomic E-state index is -0.512. The zero-order valence-electron chi connectivity index (χ0n) is 20.7. The van der Waals surface area contributed by atoms with Crippen LogP contribution < -0.4 is 10.6 Å². The Morgan fingerprint density at radius 2 is 1.54 bits per heavy atom. The molecule has 5 aromatic rings. The fourth-order valence-corrected chi connectivity index (χ4v) is 4.79. The lowest BCUT2D eigenvalue weighted by Crippen LogP contribution is -2.13. The van der Waals surface area contributed by atoms with Gasteiger partial charge < -0.3 is 15.7 Å². The molecule has 10 nitrogen and oxygen atoms in total. The number of amides is 2. The van der Waals surface area contributed by atoms with Crippen LogP contribution in [0.2, 0.25) is 0 Å². The highest BCUT2D eigenvalue weighted by Crippen LogP contribution is 2.32. The van der Waals surface area contributed by atoms with Crippen LogP contribution in [0.5, 0.6) is 5.75 Å². The second-order valence-corrected chi connectivity index (χ2v) is 9.44. The van der Waals surface area contributed by atoms with Gasteiger partial charge in [0.05, 0.1) is 17.0 Å². The molecular weight excluding hydrogens is 516 g/mol. The number of nitrogens with one attached hydrogen (secondary N) is 2. The van der Waals surface area contributed by atoms with Crippen molar-refractivity contribution >= 4 is 51.5 Å². The van der Waals surface area contributed by atoms with Gasteiger partial charge in [-0.25, -0.2) is 0 Å². The predicted octanol–water partition coefficient (Wildman–Crippen LogP) is 4.71. The molecule has 194 valence electrons. The molecule has 11 heteroatoms. The van der Waals surface area contributed by atoms with E-state index >= 15 is 0 Å². The zero-order chi connectivity index (χ0) is 27.4. The number of anilines is 2. The third kappa shape index (κ3) is 5.63. The van der Waals surface area contributed by atoms with Crippen LogP contribution >= 0.6 is 11.8 Å². The second kappa shape index (κ2) is 11.2. The van der Waals surface area contributed by atoms with Crippen LogP contribution in [0.15, 0.2) is 90.1 Å². The number of hydrogen-bond donors (Lipinski definition) is 3. The van der Waals surface area contributed by atoms with Crippen LogP contribution in [0.25, 0.3) is 16.5 Å². The van der Waals surface area contributed by atoms with Gasteiger partial charge in [0.1, 0.15) is 5.75 Å². The summed E-state index contributed by atoms with van der Waals surface area (Å²) in [6.45, 7) is 1.41. The van der Waals surface area contributed by atoms with Crippen molar-refractivity contribution in [1.29, 1.82) is 0 Å². The quantitative estimate of drug-likeness (QED) is 0.191. The fourth-order valence-electron chi connectivity index (χ4n) is 4.01. The SMILES string of the molecule is CC(=O)Nc1ccc(NC(=O)c2ccc3c(C(=O)CSc4nnnn4-c4ccccc4)cccc3c2O)cc1. The molecule has 39 heavy (non-hydrogen) atoms. The number of fused-ring (bicyclic) bond motifs is 1. The molecule has 0 bridgehead atoms. The van der Waals surface area contributed by atoms with Gasteiger partial charge >= 0.3 is 0 Å². The highest BCUT2D eigenvalue weighted by Gasteiger charge is 2.19. The molecule has 0 aliphatic heterocycles. The highest BCUT2D eigenvalue weighted by molar-refractivity contribution is 7.99. The summed E-state index contributed by atoms with van der Waals surface area (Å²) in [6.07, 6.45) is 0. The van der Waals surface area contributed by atoms with Crippen molar-refractivity contribution in [1.82, 2.24) is 20.2 Å². The number of nitrogens with zero attached hydrogens (tertiary/aromatic N) is 4. The van der Waals surface area contributed by atoms with Crippen molar-refractivity contribution in [3.05, 3.63) is 96.1 Å². The lowest BCUT2D eigenvalue weighted by Gasteiger charge is -2.12. The lowest BCUT2D eigenvalue weighted by atomic mass is 9.98. The Balaban J connectivity index is 1.33. The number of benzene rings is 4. The van der Waals surface area contributed by atoms with Crippen molar-refractivity contribution in [2.45, 2.75) is 12.1 Å². The van der Waals surface area contributed by atoms with Crippen molar-refractivity contribution in [2.24, 2.45) is 0 Å². The van der Waals surface area contributed by atoms with E-state index in [4.69, 9.17) is 0 Å². The number of Topliss-reactive ketones (excluding diaryl/α,β-unsaturated/α-hetero) is 1. The van der Waals surface area contributed by atoms with Gasteiger partial charge in [-0.1, -0.05) is 54.2 Å². The van der Waals surface area contributed by atoms with Crippen LogP contribution in [-0.2, 0) is 4.79 Å². The standard InChI is InChI=1S/C28H22N6O4S/c1-17(35)29-18-10-12-19(13-11-18)30-27(38)24-15-14-21-22(8-5-9-23(21)26(24)37)25(36)16-39-28-31-32-33-34(28)20-6-3-2-4-7-20/h2-15,37H,16H2,1H3,(H,29,35)(H,30,38). The predicted molar refractivity (Wildman–Crippen MR) is 149 cm³/mol. The molecule has 0 aliphatic carbocycles. The van der Waals surface area contributed by atoms with Crippen LogP contribution in [0.1, 0.15) is 27.6 Å². The van der Waals surface area contributed by atoms with Gasteiger partial charge in [-0.3, -0.25) is 14.4 Å². The third-order valence-electron chi connectivity index (χ3n) is 5.82. The summed E-state index contributed by atoms with van der Waals surface area (Å²) in [6, 6.07) is 24.1. The topological polar surface area (TPSA) is 139 Å². The van der Waals surface area contributed by atoms with Crippen molar-refractivity contribution in [2.75, 3.05) is 16.4 Å². The number of ketones is 1. The van der Waals surface area contributed by atoms with Gasteiger partial charge in [-0.2, -0.15) is 4.68 Å². The Hall–Kier alpha value is -5.03. The molecule has 5 rings (SSSR count). The van der Waals surface area contributed by atoms with Crippen LogP contribution in [0, 0.1) is 0 Å². The summed E-state index contributed by atoms with van der Waals surface area (Å²) in [5, 5.41) is 29.5. The smallest absolute Gasteiger partial charge is 0.259 e. The maximum atomic E-state index is 13.2. The normalized spacial score (nSPS) is 10.8. The number of para-hydroxylation sites is 1. The van der Waals surface area contributed by atoms with Gasteiger partial charge in [0.15, 0.2) is 5.78 Å². The Labute approximate surface area is 227 Å². The molecule has 0 atom stereocenters. The van der Waals surface area contributed by atoms with Crippen LogP contribution in [-0.4, -0.2) is 48.7 Å². The molecule has 4 aromatic carbocycles. The molecule has 0 saturated carbocycles. The molecule has 0 fully saturated rings. The third-order valence-corrected chi connectivity index (χ3v) is 6.73. The first-order chi connectivity index (χ1) is 18.9. The van der Waals surface area contributed by atoms with Crippen LogP contribution in [0.4, 0.5) is 11.4 Å². The van der Waals surface area contributed by atoms with Crippen molar-refractivity contribution < 1.29 is 19.5 Å². The van der Waals surface area contributed by atoms with E-state index < -0.39 is 5.91 Å². The largest absolute Gasteiger partial charge is 0.506 e. The van der Waals surface area contributed by atoms with Gasteiger partial charge in [0.25, 0.3) is 5.91 Å². The van der Waals surface area contributed by atoms with E-state index in [0.717, 1.165) is 5.69 Å². The van der Waals surface area contributed by atoms with Crippen LogP contribution in [0.3, 0.4) is 0 Å². The number of aromatic hydroxyl groups is 1. The number of tetrazole rings is 1. The minimum Gasteiger partial charge on any atom is -0.506 e. The van der Waals surface area contributed by atoms with Crippen molar-refractivity contribution in [3.8, 4) is 11.4 Å². The molecule has 0 aliphatic rings. The number of thioether (sulfide) groups is 1. The first kappa shape index (κ1) is 25.6. The molecule has 0 spiro atoms. The Morgan fingerprint density at radius 1 is 0.821 bits per heavy atom.